The fraction of sp³-hybridized carbons (Fsp3) is 0.619. The molecule has 1 unspecified atom stereocenters. The molecule has 5 atom stereocenters. The van der Waals surface area contributed by atoms with E-state index in [1.807, 2.05) is 17.0 Å². The van der Waals surface area contributed by atoms with Crippen LogP contribution in [0.3, 0.4) is 0 Å². The van der Waals surface area contributed by atoms with E-state index in [-0.39, 0.29) is 36.7 Å². The summed E-state index contributed by atoms with van der Waals surface area (Å²) in [6.07, 6.45) is 2.10. The number of aliphatic hydroxyl groups is 1. The minimum absolute atomic E-state index is 0. The number of nitrogens with zero attached hydrogens (tertiary/aromatic N) is 1. The number of benzene rings is 1. The minimum Gasteiger partial charge on any atom is -0.479 e. The number of alkyl halides is 2. The largest absolute Gasteiger partial charge is 0.479 e. The topological polar surface area (TPSA) is 84.6 Å². The number of carboxylic acids is 1. The van der Waals surface area contributed by atoms with E-state index < -0.39 is 29.8 Å². The van der Waals surface area contributed by atoms with Crippen LogP contribution in [0.15, 0.2) is 24.3 Å². The van der Waals surface area contributed by atoms with E-state index in [4.69, 9.17) is 5.41 Å². The van der Waals surface area contributed by atoms with Crippen LogP contribution in [0.2, 0.25) is 0 Å². The Morgan fingerprint density at radius 1 is 1.24 bits per heavy atom. The van der Waals surface area contributed by atoms with Gasteiger partial charge in [0.05, 0.1) is 6.34 Å². The van der Waals surface area contributed by atoms with Crippen LogP contribution in [-0.4, -0.2) is 46.4 Å². The van der Waals surface area contributed by atoms with E-state index in [9.17, 15) is 23.8 Å². The van der Waals surface area contributed by atoms with Crippen molar-refractivity contribution in [1.29, 1.82) is 5.41 Å². The van der Waals surface area contributed by atoms with Gasteiger partial charge in [-0.1, -0.05) is 24.3 Å². The summed E-state index contributed by atoms with van der Waals surface area (Å²) in [4.78, 5) is 14.1. The number of hydrogen-bond acceptors (Lipinski definition) is 3. The van der Waals surface area contributed by atoms with Gasteiger partial charge >= 0.3 is 5.97 Å². The molecule has 0 amide bonds. The number of carbonyl (C=O) groups is 1. The van der Waals surface area contributed by atoms with Gasteiger partial charge in [-0.25, -0.2) is 13.6 Å². The van der Waals surface area contributed by atoms with E-state index in [2.05, 4.69) is 0 Å². The van der Waals surface area contributed by atoms with Crippen molar-refractivity contribution >= 4 is 24.7 Å². The fourth-order valence-electron chi connectivity index (χ4n) is 5.71. The lowest BCUT2D eigenvalue weighted by atomic mass is 9.75. The normalized spacial score (nSPS) is 32.3. The molecule has 1 aromatic carbocycles. The number of aliphatic carboxylic acids is 1. The molecule has 1 aliphatic heterocycles. The summed E-state index contributed by atoms with van der Waals surface area (Å²) in [5.41, 5.74) is -1.24. The molecule has 0 bridgehead atoms. The van der Waals surface area contributed by atoms with Gasteiger partial charge in [0.2, 0.25) is 5.92 Å². The minimum atomic E-state index is -2.93. The van der Waals surface area contributed by atoms with Crippen molar-refractivity contribution in [3.63, 3.8) is 0 Å². The van der Waals surface area contributed by atoms with E-state index >= 15 is 0 Å². The van der Waals surface area contributed by atoms with Crippen LogP contribution in [0.4, 0.5) is 8.78 Å². The average Bonchev–Trinajstić information content (AvgIpc) is 3.33. The van der Waals surface area contributed by atoms with Gasteiger partial charge in [-0.05, 0) is 48.1 Å². The summed E-state index contributed by atoms with van der Waals surface area (Å²) >= 11 is 0. The molecule has 1 aromatic rings. The Bertz CT molecular complexity index is 779. The Labute approximate surface area is 175 Å². The number of halogens is 3. The van der Waals surface area contributed by atoms with Gasteiger partial charge in [0.15, 0.2) is 5.60 Å². The van der Waals surface area contributed by atoms with E-state index in [1.54, 1.807) is 12.1 Å². The van der Waals surface area contributed by atoms with Crippen LogP contribution in [0, 0.1) is 23.2 Å². The maximum Gasteiger partial charge on any atom is 0.340 e. The van der Waals surface area contributed by atoms with Crippen molar-refractivity contribution in [2.45, 2.75) is 49.5 Å². The lowest BCUT2D eigenvalue weighted by Crippen LogP contribution is -2.43. The third-order valence-electron chi connectivity index (χ3n) is 7.09. The van der Waals surface area contributed by atoms with Gasteiger partial charge in [0.1, 0.15) is 0 Å². The summed E-state index contributed by atoms with van der Waals surface area (Å²) in [7, 11) is 0. The molecule has 2 saturated carbocycles. The van der Waals surface area contributed by atoms with Crippen molar-refractivity contribution in [3.05, 3.63) is 35.4 Å². The van der Waals surface area contributed by atoms with Crippen molar-refractivity contribution in [3.8, 4) is 0 Å². The van der Waals surface area contributed by atoms with Crippen LogP contribution in [0.25, 0.3) is 0 Å². The Morgan fingerprint density at radius 3 is 2.38 bits per heavy atom. The average molecular weight is 429 g/mol. The highest BCUT2D eigenvalue weighted by Gasteiger charge is 2.55. The zero-order chi connectivity index (χ0) is 20.1. The predicted octanol–water partition coefficient (Wildman–Crippen LogP) is 3.85. The molecule has 3 N–H and O–H groups in total. The molecule has 1 saturated heterocycles. The molecule has 3 fully saturated rings. The second kappa shape index (κ2) is 7.84. The summed E-state index contributed by atoms with van der Waals surface area (Å²) in [5.74, 6) is -4.40. The van der Waals surface area contributed by atoms with Gasteiger partial charge in [-0.3, -0.25) is 5.41 Å². The molecule has 3 aliphatic rings. The van der Waals surface area contributed by atoms with Gasteiger partial charge in [0.25, 0.3) is 0 Å². The van der Waals surface area contributed by atoms with Gasteiger partial charge < -0.3 is 15.1 Å². The second-order valence-corrected chi connectivity index (χ2v) is 8.73. The first-order valence-corrected chi connectivity index (χ1v) is 9.92. The second-order valence-electron chi connectivity index (χ2n) is 8.73. The molecule has 1 heterocycles. The van der Waals surface area contributed by atoms with E-state index in [0.29, 0.717) is 11.8 Å². The highest BCUT2D eigenvalue weighted by Crippen LogP contribution is 2.52. The lowest BCUT2D eigenvalue weighted by Gasteiger charge is -2.33. The first-order chi connectivity index (χ1) is 13.2. The summed E-state index contributed by atoms with van der Waals surface area (Å²) in [6, 6.07) is 6.93. The molecule has 5 nitrogen and oxygen atoms in total. The molecule has 8 heteroatoms. The van der Waals surface area contributed by atoms with Crippen LogP contribution in [0.1, 0.15) is 49.1 Å². The van der Waals surface area contributed by atoms with Crippen molar-refractivity contribution < 1.29 is 23.8 Å². The Morgan fingerprint density at radius 2 is 1.86 bits per heavy atom. The molecule has 2 aliphatic carbocycles. The number of rotatable bonds is 5. The number of carboxylic acid groups (broad SMARTS) is 1. The number of fused-ring (bicyclic) bond motifs is 1. The van der Waals surface area contributed by atoms with Crippen LogP contribution in [-0.2, 0) is 10.4 Å². The Balaban J connectivity index is 0.00000240. The van der Waals surface area contributed by atoms with Gasteiger partial charge in [-0.15, -0.1) is 12.4 Å². The Kier molecular flexibility index (Phi) is 5.94. The van der Waals surface area contributed by atoms with Crippen molar-refractivity contribution in [1.82, 2.24) is 4.90 Å². The summed E-state index contributed by atoms with van der Waals surface area (Å²) < 4.78 is 27.6. The zero-order valence-electron chi connectivity index (χ0n) is 16.1. The first kappa shape index (κ1) is 22.0. The Hall–Kier alpha value is -1.73. The monoisotopic (exact) mass is 428 g/mol. The zero-order valence-corrected chi connectivity index (χ0v) is 16.9. The SMILES string of the molecule is Cl.N=CN1C[C@H]2CC(c3ccccc3[C@@](O)(C(=O)O)[C@@H]3CCC(F)(F)C3)C[C@H]2C1. The van der Waals surface area contributed by atoms with Crippen molar-refractivity contribution in [2.75, 3.05) is 13.1 Å². The first-order valence-electron chi connectivity index (χ1n) is 9.92. The van der Waals surface area contributed by atoms with Gasteiger partial charge in [0, 0.05) is 31.8 Å². The number of hydrogen-bond donors (Lipinski definition) is 3. The highest BCUT2D eigenvalue weighted by molar-refractivity contribution is 5.85. The van der Waals surface area contributed by atoms with Crippen LogP contribution < -0.4 is 0 Å². The molecule has 4 rings (SSSR count). The van der Waals surface area contributed by atoms with E-state index in [0.717, 1.165) is 31.5 Å². The molecular weight excluding hydrogens is 402 g/mol. The molecule has 29 heavy (non-hydrogen) atoms. The third-order valence-corrected chi connectivity index (χ3v) is 7.09. The van der Waals surface area contributed by atoms with Gasteiger partial charge in [-0.2, -0.15) is 0 Å². The maximum absolute atomic E-state index is 13.8. The highest BCUT2D eigenvalue weighted by atomic mass is 35.5. The molecule has 0 radical (unpaired) electrons. The third kappa shape index (κ3) is 3.75. The smallest absolute Gasteiger partial charge is 0.340 e. The van der Waals surface area contributed by atoms with E-state index in [1.165, 1.54) is 6.34 Å². The molecule has 160 valence electrons. The fourth-order valence-corrected chi connectivity index (χ4v) is 5.71. The number of likely N-dealkylation sites (tertiary alicyclic amines) is 1. The lowest BCUT2D eigenvalue weighted by molar-refractivity contribution is -0.167. The standard InChI is InChI=1S/C21H26F2N2O3.ClH/c22-20(23)6-5-16(9-20)21(28,19(26)27)18-4-2-1-3-17(18)13-7-14-10-25(12-24)11-15(14)8-13;/h1-4,12-16,24,28H,5-11H2,(H,26,27);1H/t13?,14-,15+,16-,21-;/m1./s1. The van der Waals surface area contributed by atoms with Crippen molar-refractivity contribution in [2.24, 2.45) is 17.8 Å². The summed E-state index contributed by atoms with van der Waals surface area (Å²) in [5, 5.41) is 28.6. The molecular formula is C21H27ClF2N2O3. The molecule has 0 spiro atoms. The quantitative estimate of drug-likeness (QED) is 0.491. The summed E-state index contributed by atoms with van der Waals surface area (Å²) in [6.45, 7) is 1.65. The molecule has 0 aromatic heterocycles. The maximum atomic E-state index is 13.8. The van der Waals surface area contributed by atoms with Crippen LogP contribution >= 0.6 is 12.4 Å². The van der Waals surface area contributed by atoms with Crippen LogP contribution in [0.5, 0.6) is 0 Å². The predicted molar refractivity (Wildman–Crippen MR) is 107 cm³/mol. The number of nitrogens with one attached hydrogen (secondary N) is 1.